The molecule has 0 bridgehead atoms. The Balaban J connectivity index is 1.35. The van der Waals surface area contributed by atoms with Crippen molar-refractivity contribution in [1.29, 1.82) is 0 Å². The third-order valence-corrected chi connectivity index (χ3v) is 8.05. The van der Waals surface area contributed by atoms with Crippen molar-refractivity contribution < 1.29 is 19.1 Å². The lowest BCUT2D eigenvalue weighted by Gasteiger charge is -2.50. The van der Waals surface area contributed by atoms with Crippen LogP contribution in [0.3, 0.4) is 0 Å². The van der Waals surface area contributed by atoms with Gasteiger partial charge in [0, 0.05) is 5.41 Å². The highest BCUT2D eigenvalue weighted by atomic mass is 16.5. The van der Waals surface area contributed by atoms with Gasteiger partial charge in [0.1, 0.15) is 11.9 Å². The Labute approximate surface area is 177 Å². The van der Waals surface area contributed by atoms with E-state index in [1.165, 1.54) is 11.1 Å². The summed E-state index contributed by atoms with van der Waals surface area (Å²) in [5.41, 5.74) is 3.42. The highest BCUT2D eigenvalue weighted by Crippen LogP contribution is 2.61. The predicted octanol–water partition coefficient (Wildman–Crippen LogP) is 5.30. The number of carbonyl (C=O) groups excluding carboxylic acids is 2. The molecule has 5 rings (SSSR count). The summed E-state index contributed by atoms with van der Waals surface area (Å²) in [6.07, 6.45) is 6.61. The van der Waals surface area contributed by atoms with Crippen molar-refractivity contribution in [3.63, 3.8) is 0 Å². The van der Waals surface area contributed by atoms with Crippen molar-refractivity contribution in [2.45, 2.75) is 57.5 Å². The third kappa shape index (κ3) is 3.13. The lowest BCUT2D eigenvalue weighted by Crippen LogP contribution is -2.44. The highest BCUT2D eigenvalue weighted by molar-refractivity contribution is 5.91. The summed E-state index contributed by atoms with van der Waals surface area (Å²) in [7, 11) is 0. The van der Waals surface area contributed by atoms with Crippen LogP contribution >= 0.6 is 0 Å². The zero-order valence-corrected chi connectivity index (χ0v) is 17.4. The molecule has 0 aliphatic heterocycles. The lowest BCUT2D eigenvalue weighted by molar-refractivity contribution is -0.141. The lowest BCUT2D eigenvalue weighted by atomic mass is 9.55. The van der Waals surface area contributed by atoms with Crippen molar-refractivity contribution in [3.8, 4) is 5.75 Å². The summed E-state index contributed by atoms with van der Waals surface area (Å²) in [5.74, 6) is 2.13. The molecule has 156 valence electrons. The topological polar surface area (TPSA) is 52.6 Å². The van der Waals surface area contributed by atoms with Crippen LogP contribution in [0.5, 0.6) is 5.75 Å². The number of rotatable bonds is 4. The Morgan fingerprint density at radius 1 is 1.07 bits per heavy atom. The van der Waals surface area contributed by atoms with Crippen molar-refractivity contribution in [3.05, 3.63) is 65.2 Å². The summed E-state index contributed by atoms with van der Waals surface area (Å²) < 4.78 is 11.1. The fraction of sp³-hybridized carbons (Fsp3) is 0.462. The van der Waals surface area contributed by atoms with E-state index in [2.05, 4.69) is 19.1 Å². The standard InChI is InChI=1S/C26H28O4/c1-26-14-13-21-20-10-8-19(30-25(28)17-5-3-2-4-6-17)15-18(20)7-9-22(21)23(26)11-12-24(26)29-16-27/h2-6,8,10,15-16,21-24H,7,9,11-14H2,1H3/t21?,22?,23?,24-,26+/m1/s1. The van der Waals surface area contributed by atoms with Crippen LogP contribution in [-0.2, 0) is 16.0 Å². The van der Waals surface area contributed by atoms with Crippen molar-refractivity contribution >= 4 is 12.4 Å². The number of esters is 1. The van der Waals surface area contributed by atoms with Gasteiger partial charge >= 0.3 is 5.97 Å². The van der Waals surface area contributed by atoms with Gasteiger partial charge in [0.05, 0.1) is 5.56 Å². The SMILES string of the molecule is C[C@]12CCC3c4ccc(OC(=O)c5ccccc5)cc4CCC3C1CC[C@H]2OC=O. The molecule has 4 nitrogen and oxygen atoms in total. The van der Waals surface area contributed by atoms with E-state index in [-0.39, 0.29) is 17.5 Å². The molecule has 0 radical (unpaired) electrons. The van der Waals surface area contributed by atoms with Crippen LogP contribution in [0.1, 0.15) is 66.4 Å². The van der Waals surface area contributed by atoms with Gasteiger partial charge in [-0.15, -0.1) is 0 Å². The molecule has 0 saturated heterocycles. The molecule has 5 atom stereocenters. The monoisotopic (exact) mass is 404 g/mol. The molecule has 3 aliphatic rings. The fourth-order valence-electron chi connectivity index (χ4n) is 6.60. The van der Waals surface area contributed by atoms with Gasteiger partial charge < -0.3 is 9.47 Å². The summed E-state index contributed by atoms with van der Waals surface area (Å²) in [6, 6.07) is 15.3. The maximum Gasteiger partial charge on any atom is 0.343 e. The van der Waals surface area contributed by atoms with Gasteiger partial charge in [-0.1, -0.05) is 31.2 Å². The molecule has 0 aromatic heterocycles. The summed E-state index contributed by atoms with van der Waals surface area (Å²) in [5, 5.41) is 0. The number of hydrogen-bond acceptors (Lipinski definition) is 4. The molecule has 2 fully saturated rings. The first-order chi connectivity index (χ1) is 14.6. The van der Waals surface area contributed by atoms with Gasteiger partial charge in [0.25, 0.3) is 6.47 Å². The molecule has 0 heterocycles. The molecule has 2 aromatic carbocycles. The fourth-order valence-corrected chi connectivity index (χ4v) is 6.60. The molecular formula is C26H28O4. The largest absolute Gasteiger partial charge is 0.464 e. The molecule has 0 amide bonds. The second-order valence-corrected chi connectivity index (χ2v) is 9.37. The summed E-state index contributed by atoms with van der Waals surface area (Å²) in [4.78, 5) is 23.4. The molecule has 2 aromatic rings. The molecule has 0 spiro atoms. The van der Waals surface area contributed by atoms with Gasteiger partial charge in [-0.2, -0.15) is 0 Å². The van der Waals surface area contributed by atoms with Crippen molar-refractivity contribution in [2.75, 3.05) is 0 Å². The number of fused-ring (bicyclic) bond motifs is 5. The van der Waals surface area contributed by atoms with E-state index in [9.17, 15) is 9.59 Å². The van der Waals surface area contributed by atoms with Crippen LogP contribution in [0.15, 0.2) is 48.5 Å². The van der Waals surface area contributed by atoms with Gasteiger partial charge in [0.2, 0.25) is 0 Å². The van der Waals surface area contributed by atoms with E-state index >= 15 is 0 Å². The van der Waals surface area contributed by atoms with Crippen LogP contribution < -0.4 is 4.74 Å². The van der Waals surface area contributed by atoms with E-state index in [1.54, 1.807) is 12.1 Å². The van der Waals surface area contributed by atoms with Crippen molar-refractivity contribution in [2.24, 2.45) is 17.3 Å². The normalized spacial score (nSPS) is 31.8. The van der Waals surface area contributed by atoms with Gasteiger partial charge in [0.15, 0.2) is 0 Å². The quantitative estimate of drug-likeness (QED) is 0.394. The number of benzene rings is 2. The minimum absolute atomic E-state index is 0.0714. The first-order valence-corrected chi connectivity index (χ1v) is 11.1. The third-order valence-electron chi connectivity index (χ3n) is 8.05. The van der Waals surface area contributed by atoms with Crippen LogP contribution in [0, 0.1) is 17.3 Å². The predicted molar refractivity (Wildman–Crippen MR) is 113 cm³/mol. The van der Waals surface area contributed by atoms with Gasteiger partial charge in [-0.25, -0.2) is 4.79 Å². The average molecular weight is 405 g/mol. The molecule has 30 heavy (non-hydrogen) atoms. The zero-order valence-electron chi connectivity index (χ0n) is 17.4. The first-order valence-electron chi connectivity index (χ1n) is 11.1. The molecular weight excluding hydrogens is 376 g/mol. The average Bonchev–Trinajstić information content (AvgIpc) is 3.10. The van der Waals surface area contributed by atoms with Crippen LogP contribution in [0.4, 0.5) is 0 Å². The summed E-state index contributed by atoms with van der Waals surface area (Å²) in [6.45, 7) is 2.97. The number of aryl methyl sites for hydroxylation is 1. The Bertz CT molecular complexity index is 953. The van der Waals surface area contributed by atoms with E-state index in [1.807, 2.05) is 24.3 Å². The first kappa shape index (κ1) is 19.3. The maximum atomic E-state index is 12.4. The summed E-state index contributed by atoms with van der Waals surface area (Å²) >= 11 is 0. The number of hydrogen-bond donors (Lipinski definition) is 0. The maximum absolute atomic E-state index is 12.4. The second kappa shape index (κ2) is 7.57. The smallest absolute Gasteiger partial charge is 0.343 e. The Morgan fingerprint density at radius 3 is 2.70 bits per heavy atom. The second-order valence-electron chi connectivity index (χ2n) is 9.37. The van der Waals surface area contributed by atoms with E-state index in [0.717, 1.165) is 38.5 Å². The van der Waals surface area contributed by atoms with E-state index in [4.69, 9.17) is 9.47 Å². The minimum atomic E-state index is -0.315. The number of ether oxygens (including phenoxy) is 2. The van der Waals surface area contributed by atoms with Crippen LogP contribution in [0.25, 0.3) is 0 Å². The minimum Gasteiger partial charge on any atom is -0.464 e. The highest BCUT2D eigenvalue weighted by Gasteiger charge is 2.55. The van der Waals surface area contributed by atoms with E-state index < -0.39 is 0 Å². The Hall–Kier alpha value is -2.62. The Kier molecular flexibility index (Phi) is 4.88. The van der Waals surface area contributed by atoms with Crippen molar-refractivity contribution in [1.82, 2.24) is 0 Å². The zero-order chi connectivity index (χ0) is 20.7. The molecule has 0 N–H and O–H groups in total. The van der Waals surface area contributed by atoms with Crippen LogP contribution in [0.2, 0.25) is 0 Å². The van der Waals surface area contributed by atoms with Gasteiger partial charge in [-0.05, 0) is 91.7 Å². The molecule has 4 heteroatoms. The van der Waals surface area contributed by atoms with Crippen LogP contribution in [-0.4, -0.2) is 18.5 Å². The van der Waals surface area contributed by atoms with Gasteiger partial charge in [-0.3, -0.25) is 4.79 Å². The number of carbonyl (C=O) groups is 2. The molecule has 3 unspecified atom stereocenters. The Morgan fingerprint density at radius 2 is 1.90 bits per heavy atom. The molecule has 3 aliphatic carbocycles. The van der Waals surface area contributed by atoms with E-state index in [0.29, 0.717) is 35.5 Å². The molecule has 2 saturated carbocycles.